The molecule has 0 saturated carbocycles. The first-order chi connectivity index (χ1) is 13.6. The fourth-order valence-corrected chi connectivity index (χ4v) is 4.16. The topological polar surface area (TPSA) is 65.1 Å². The Balaban J connectivity index is 1.53. The third kappa shape index (κ3) is 3.09. The molecule has 0 aromatic heterocycles. The maximum Gasteiger partial charge on any atom is 0.339 e. The summed E-state index contributed by atoms with van der Waals surface area (Å²) in [5.41, 5.74) is 1.63. The summed E-state index contributed by atoms with van der Waals surface area (Å²) in [5, 5.41) is 0. The quantitative estimate of drug-likeness (QED) is 0.762. The average molecular weight is 381 g/mol. The summed E-state index contributed by atoms with van der Waals surface area (Å²) in [5.74, 6) is 0.933. The molecule has 0 aliphatic carbocycles. The van der Waals surface area contributed by atoms with Gasteiger partial charge in [-0.15, -0.1) is 0 Å². The van der Waals surface area contributed by atoms with Gasteiger partial charge in [-0.3, -0.25) is 4.79 Å². The van der Waals surface area contributed by atoms with Gasteiger partial charge in [-0.25, -0.2) is 4.79 Å². The molecule has 6 nitrogen and oxygen atoms in total. The number of ether oxygens (including phenoxy) is 3. The summed E-state index contributed by atoms with van der Waals surface area (Å²) < 4.78 is 16.4. The van der Waals surface area contributed by atoms with E-state index in [0.717, 1.165) is 24.0 Å². The Morgan fingerprint density at radius 2 is 1.93 bits per heavy atom. The van der Waals surface area contributed by atoms with Crippen LogP contribution >= 0.6 is 0 Å². The second-order valence-electron chi connectivity index (χ2n) is 7.21. The molecular weight excluding hydrogens is 358 g/mol. The highest BCUT2D eigenvalue weighted by molar-refractivity contribution is 5.95. The van der Waals surface area contributed by atoms with Crippen molar-refractivity contribution in [1.82, 2.24) is 4.90 Å². The molecule has 1 atom stereocenters. The van der Waals surface area contributed by atoms with E-state index in [4.69, 9.17) is 14.2 Å². The van der Waals surface area contributed by atoms with Crippen LogP contribution in [0, 0.1) is 0 Å². The number of methoxy groups -OCH3 is 2. The van der Waals surface area contributed by atoms with Crippen LogP contribution < -0.4 is 9.47 Å². The number of benzene rings is 2. The van der Waals surface area contributed by atoms with Crippen LogP contribution in [0.4, 0.5) is 0 Å². The first kappa shape index (κ1) is 18.3. The summed E-state index contributed by atoms with van der Waals surface area (Å²) in [6.45, 7) is 1.05. The average Bonchev–Trinajstić information content (AvgIpc) is 2.99. The summed E-state index contributed by atoms with van der Waals surface area (Å²) in [6, 6.07) is 13.0. The molecule has 2 heterocycles. The monoisotopic (exact) mass is 381 g/mol. The molecule has 28 heavy (non-hydrogen) atoms. The fraction of sp³-hybridized carbons (Fsp3) is 0.364. The molecule has 2 aliphatic rings. The van der Waals surface area contributed by atoms with E-state index in [1.54, 1.807) is 31.3 Å². The van der Waals surface area contributed by atoms with Crippen molar-refractivity contribution in [2.45, 2.75) is 24.9 Å². The molecule has 0 bridgehead atoms. The lowest BCUT2D eigenvalue weighted by atomic mass is 9.85. The van der Waals surface area contributed by atoms with Gasteiger partial charge in [0.05, 0.1) is 32.7 Å². The zero-order valence-corrected chi connectivity index (χ0v) is 16.1. The van der Waals surface area contributed by atoms with Crippen molar-refractivity contribution >= 4 is 11.9 Å². The fourth-order valence-electron chi connectivity index (χ4n) is 4.16. The number of hydrogen-bond acceptors (Lipinski definition) is 5. The second kappa shape index (κ2) is 7.19. The number of carbonyl (C=O) groups excluding carboxylic acids is 2. The molecule has 0 N–H and O–H groups in total. The van der Waals surface area contributed by atoms with Gasteiger partial charge in [0.2, 0.25) is 5.91 Å². The van der Waals surface area contributed by atoms with E-state index in [9.17, 15) is 9.59 Å². The van der Waals surface area contributed by atoms with Gasteiger partial charge in [0, 0.05) is 12.1 Å². The van der Waals surface area contributed by atoms with E-state index in [2.05, 4.69) is 0 Å². The van der Waals surface area contributed by atoms with Crippen molar-refractivity contribution in [3.63, 3.8) is 0 Å². The van der Waals surface area contributed by atoms with E-state index < -0.39 is 5.60 Å². The maximum absolute atomic E-state index is 13.0. The molecule has 1 saturated heterocycles. The first-order valence-corrected chi connectivity index (χ1v) is 9.38. The highest BCUT2D eigenvalue weighted by atomic mass is 16.6. The molecule has 1 unspecified atom stereocenters. The molecule has 2 aliphatic heterocycles. The van der Waals surface area contributed by atoms with Crippen LogP contribution in [0.3, 0.4) is 0 Å². The van der Waals surface area contributed by atoms with Crippen LogP contribution in [0.5, 0.6) is 11.5 Å². The largest absolute Gasteiger partial charge is 0.493 e. The Kier molecular flexibility index (Phi) is 4.71. The molecule has 1 fully saturated rings. The van der Waals surface area contributed by atoms with Crippen molar-refractivity contribution < 1.29 is 23.8 Å². The number of nitrogens with zero attached hydrogens (tertiary/aromatic N) is 1. The second-order valence-corrected chi connectivity index (χ2v) is 7.21. The lowest BCUT2D eigenvalue weighted by Crippen LogP contribution is -2.49. The van der Waals surface area contributed by atoms with Crippen LogP contribution in [-0.2, 0) is 21.6 Å². The Bertz CT molecular complexity index is 925. The van der Waals surface area contributed by atoms with Crippen molar-refractivity contribution in [2.24, 2.45) is 0 Å². The van der Waals surface area contributed by atoms with Crippen LogP contribution in [0.2, 0.25) is 0 Å². The Morgan fingerprint density at radius 3 is 2.71 bits per heavy atom. The summed E-state index contributed by atoms with van der Waals surface area (Å²) in [4.78, 5) is 27.1. The molecule has 0 radical (unpaired) electrons. The third-order valence-electron chi connectivity index (χ3n) is 5.54. The van der Waals surface area contributed by atoms with Gasteiger partial charge in [0.25, 0.3) is 0 Å². The van der Waals surface area contributed by atoms with Crippen LogP contribution in [0.1, 0.15) is 34.3 Å². The summed E-state index contributed by atoms with van der Waals surface area (Å²) in [6.07, 6.45) is 1.78. The number of hydrogen-bond donors (Lipinski definition) is 0. The first-order valence-electron chi connectivity index (χ1n) is 9.38. The molecule has 2 aromatic carbocycles. The number of fused-ring (bicyclic) bond motifs is 2. The summed E-state index contributed by atoms with van der Waals surface area (Å²) in [7, 11) is 3.15. The van der Waals surface area contributed by atoms with Crippen molar-refractivity contribution in [3.8, 4) is 11.5 Å². The van der Waals surface area contributed by atoms with Crippen molar-refractivity contribution in [1.29, 1.82) is 0 Å². The van der Waals surface area contributed by atoms with Crippen LogP contribution in [0.25, 0.3) is 0 Å². The van der Waals surface area contributed by atoms with Crippen LogP contribution in [0.15, 0.2) is 42.5 Å². The minimum atomic E-state index is -0.723. The number of likely N-dealkylation sites (tertiary alicyclic amines) is 1. The van der Waals surface area contributed by atoms with Gasteiger partial charge in [-0.2, -0.15) is 0 Å². The SMILES string of the molecule is COc1ccc(CC(=O)N2CCCC3(C2)OC(=O)c2ccccc23)cc1OC. The third-order valence-corrected chi connectivity index (χ3v) is 5.54. The van der Waals surface area contributed by atoms with Gasteiger partial charge >= 0.3 is 5.97 Å². The Hall–Kier alpha value is -3.02. The van der Waals surface area contributed by atoms with Gasteiger partial charge < -0.3 is 19.1 Å². The van der Waals surface area contributed by atoms with Gasteiger partial charge in [-0.1, -0.05) is 24.3 Å². The predicted octanol–water partition coefficient (Wildman–Crippen LogP) is 2.93. The Morgan fingerprint density at radius 1 is 1.14 bits per heavy atom. The van der Waals surface area contributed by atoms with Gasteiger partial charge in [0.1, 0.15) is 0 Å². The smallest absolute Gasteiger partial charge is 0.339 e. The molecule has 1 amide bonds. The lowest BCUT2D eigenvalue weighted by molar-refractivity contribution is -0.138. The van der Waals surface area contributed by atoms with Gasteiger partial charge in [0.15, 0.2) is 17.1 Å². The van der Waals surface area contributed by atoms with E-state index >= 15 is 0 Å². The minimum absolute atomic E-state index is 0.00623. The van der Waals surface area contributed by atoms with E-state index in [-0.39, 0.29) is 18.3 Å². The zero-order chi connectivity index (χ0) is 19.7. The van der Waals surface area contributed by atoms with Gasteiger partial charge in [-0.05, 0) is 36.6 Å². The van der Waals surface area contributed by atoms with Crippen molar-refractivity contribution in [3.05, 3.63) is 59.2 Å². The number of carbonyl (C=O) groups is 2. The minimum Gasteiger partial charge on any atom is -0.493 e. The van der Waals surface area contributed by atoms with E-state index in [1.165, 1.54) is 0 Å². The van der Waals surface area contributed by atoms with Crippen molar-refractivity contribution in [2.75, 3.05) is 27.3 Å². The highest BCUT2D eigenvalue weighted by Crippen LogP contribution is 2.42. The zero-order valence-electron chi connectivity index (χ0n) is 16.1. The number of piperidine rings is 1. The molecule has 1 spiro atoms. The normalized spacial score (nSPS) is 20.6. The number of esters is 1. The van der Waals surface area contributed by atoms with E-state index in [0.29, 0.717) is 30.2 Å². The molecule has 146 valence electrons. The predicted molar refractivity (Wildman–Crippen MR) is 103 cm³/mol. The Labute approximate surface area is 164 Å². The standard InChI is InChI=1S/C22H23NO5/c1-26-18-9-8-15(12-19(18)27-2)13-20(24)23-11-5-10-22(14-23)17-7-4-3-6-16(17)21(25)28-22/h3-4,6-9,12H,5,10-11,13-14H2,1-2H3. The van der Waals surface area contributed by atoms with E-state index in [1.807, 2.05) is 30.3 Å². The molecule has 2 aromatic rings. The highest BCUT2D eigenvalue weighted by Gasteiger charge is 2.48. The van der Waals surface area contributed by atoms with Crippen LogP contribution in [-0.4, -0.2) is 44.1 Å². The summed E-state index contributed by atoms with van der Waals surface area (Å²) >= 11 is 0. The molecule has 4 rings (SSSR count). The number of rotatable bonds is 4. The molecular formula is C22H23NO5. The number of amides is 1. The maximum atomic E-state index is 13.0. The molecule has 6 heteroatoms. The lowest BCUT2D eigenvalue weighted by Gasteiger charge is -2.39.